The third-order valence-electron chi connectivity index (χ3n) is 3.34. The number of hydrogen-bond acceptors (Lipinski definition) is 4. The zero-order valence-electron chi connectivity index (χ0n) is 14.3. The van der Waals surface area contributed by atoms with Gasteiger partial charge < -0.3 is 10.2 Å². The van der Waals surface area contributed by atoms with E-state index in [1.807, 2.05) is 25.2 Å². The Morgan fingerprint density at radius 2 is 2.09 bits per heavy atom. The molecule has 7 nitrogen and oxygen atoms in total. The fraction of sp³-hybridized carbons (Fsp3) is 0.714. The monoisotopic (exact) mass is 329 g/mol. The van der Waals surface area contributed by atoms with Crippen LogP contribution in [0, 0.1) is 0 Å². The number of guanidine groups is 1. The van der Waals surface area contributed by atoms with E-state index in [1.165, 1.54) is 0 Å². The van der Waals surface area contributed by atoms with Crippen molar-refractivity contribution in [3.05, 3.63) is 18.0 Å². The van der Waals surface area contributed by atoms with Gasteiger partial charge in [-0.15, -0.1) is 0 Å². The molecule has 8 heteroatoms. The molecule has 0 aromatic carbocycles. The molecule has 0 fully saturated rings. The number of aryl methyl sites for hydroxylation is 1. The summed E-state index contributed by atoms with van der Waals surface area (Å²) in [6.07, 6.45) is 3.74. The molecule has 0 unspecified atom stereocenters. The van der Waals surface area contributed by atoms with E-state index in [2.05, 4.69) is 15.4 Å². The Hall–Kier alpha value is -1.57. The molecule has 1 rings (SSSR count). The molecule has 0 atom stereocenters. The normalized spacial score (nSPS) is 13.3. The minimum atomic E-state index is -3.13. The lowest BCUT2D eigenvalue weighted by atomic mass is 10.3. The van der Waals surface area contributed by atoms with Gasteiger partial charge in [-0.1, -0.05) is 0 Å². The summed E-state index contributed by atoms with van der Waals surface area (Å²) in [5, 5.41) is 7.22. The third kappa shape index (κ3) is 5.01. The molecule has 1 N–H and O–H groups in total. The summed E-state index contributed by atoms with van der Waals surface area (Å²) in [5.74, 6) is 0.740. The summed E-state index contributed by atoms with van der Waals surface area (Å²) >= 11 is 0. The Kier molecular flexibility index (Phi) is 5.99. The van der Waals surface area contributed by atoms with Crippen LogP contribution in [0.25, 0.3) is 0 Å². The van der Waals surface area contributed by atoms with Crippen molar-refractivity contribution >= 4 is 15.8 Å². The van der Waals surface area contributed by atoms with Crippen molar-refractivity contribution in [2.75, 3.05) is 26.4 Å². The fourth-order valence-corrected chi connectivity index (χ4v) is 2.87. The van der Waals surface area contributed by atoms with Crippen LogP contribution >= 0.6 is 0 Å². The smallest absolute Gasteiger partial charge is 0.193 e. The van der Waals surface area contributed by atoms with Crippen LogP contribution in [0.3, 0.4) is 0 Å². The minimum Gasteiger partial charge on any atom is -0.355 e. The molecule has 0 aliphatic rings. The van der Waals surface area contributed by atoms with Gasteiger partial charge in [0.15, 0.2) is 15.8 Å². The van der Waals surface area contributed by atoms with Crippen molar-refractivity contribution in [3.63, 3.8) is 0 Å². The van der Waals surface area contributed by atoms with E-state index < -0.39 is 14.6 Å². The molecule has 126 valence electrons. The van der Waals surface area contributed by atoms with E-state index in [-0.39, 0.29) is 5.75 Å². The van der Waals surface area contributed by atoms with Crippen LogP contribution in [0.4, 0.5) is 0 Å². The predicted octanol–water partition coefficient (Wildman–Crippen LogP) is 0.641. The lowest BCUT2D eigenvalue weighted by Gasteiger charge is -2.23. The van der Waals surface area contributed by atoms with E-state index in [9.17, 15) is 8.42 Å². The van der Waals surface area contributed by atoms with Gasteiger partial charge >= 0.3 is 0 Å². The molecule has 0 radical (unpaired) electrons. The molecule has 0 bridgehead atoms. The lowest BCUT2D eigenvalue weighted by molar-refractivity contribution is 0.478. The summed E-state index contributed by atoms with van der Waals surface area (Å²) < 4.78 is 25.2. The minimum absolute atomic E-state index is 0.0796. The van der Waals surface area contributed by atoms with Gasteiger partial charge in [-0.3, -0.25) is 9.67 Å². The van der Waals surface area contributed by atoms with Gasteiger partial charge in [-0.05, 0) is 20.8 Å². The molecule has 0 aliphatic carbocycles. The standard InChI is InChI=1S/C14H27N5O2S/c1-14(2,3)22(20,21)8-7-16-13(15-4)18(5)10-12-9-17-19(6)11-12/h9,11H,7-8,10H2,1-6H3,(H,15,16). The molecule has 22 heavy (non-hydrogen) atoms. The maximum atomic E-state index is 12.1. The van der Waals surface area contributed by atoms with Gasteiger partial charge in [-0.25, -0.2) is 8.42 Å². The van der Waals surface area contributed by atoms with Gasteiger partial charge in [0, 0.05) is 46.0 Å². The van der Waals surface area contributed by atoms with E-state index in [4.69, 9.17) is 0 Å². The van der Waals surface area contributed by atoms with Crippen molar-refractivity contribution in [1.29, 1.82) is 0 Å². The van der Waals surface area contributed by atoms with Crippen molar-refractivity contribution in [2.45, 2.75) is 32.1 Å². The van der Waals surface area contributed by atoms with Crippen molar-refractivity contribution < 1.29 is 8.42 Å². The zero-order valence-corrected chi connectivity index (χ0v) is 15.1. The molecule has 1 heterocycles. The second kappa shape index (κ2) is 7.13. The van der Waals surface area contributed by atoms with Crippen LogP contribution in [0.5, 0.6) is 0 Å². The zero-order chi connectivity index (χ0) is 17.0. The fourth-order valence-electron chi connectivity index (χ4n) is 1.89. The molecule has 0 spiro atoms. The summed E-state index contributed by atoms with van der Waals surface area (Å²) in [6.45, 7) is 6.13. The molecule has 1 aromatic heterocycles. The second-order valence-electron chi connectivity index (χ2n) is 6.28. The lowest BCUT2D eigenvalue weighted by Crippen LogP contribution is -2.42. The number of nitrogens with zero attached hydrogens (tertiary/aromatic N) is 4. The predicted molar refractivity (Wildman–Crippen MR) is 89.6 cm³/mol. The van der Waals surface area contributed by atoms with Gasteiger partial charge in [-0.2, -0.15) is 5.10 Å². The Balaban J connectivity index is 2.56. The first-order chi connectivity index (χ1) is 10.1. The second-order valence-corrected chi connectivity index (χ2v) is 9.15. The van der Waals surface area contributed by atoms with E-state index >= 15 is 0 Å². The number of aromatic nitrogens is 2. The molecule has 0 saturated carbocycles. The van der Waals surface area contributed by atoms with Crippen molar-refractivity contribution in [1.82, 2.24) is 20.0 Å². The summed E-state index contributed by atoms with van der Waals surface area (Å²) in [5.41, 5.74) is 1.07. The third-order valence-corrected chi connectivity index (χ3v) is 5.95. The molecule has 1 aromatic rings. The quantitative estimate of drug-likeness (QED) is 0.633. The first kappa shape index (κ1) is 18.5. The number of rotatable bonds is 5. The van der Waals surface area contributed by atoms with Crippen molar-refractivity contribution in [3.8, 4) is 0 Å². The van der Waals surface area contributed by atoms with Crippen LogP contribution in [-0.4, -0.2) is 60.2 Å². The first-order valence-electron chi connectivity index (χ1n) is 7.18. The molecule has 0 aliphatic heterocycles. The highest BCUT2D eigenvalue weighted by molar-refractivity contribution is 7.92. The summed E-state index contributed by atoms with van der Waals surface area (Å²) in [6, 6.07) is 0. The molecular weight excluding hydrogens is 302 g/mol. The summed E-state index contributed by atoms with van der Waals surface area (Å²) in [7, 11) is 2.32. The van der Waals surface area contributed by atoms with E-state index in [0.29, 0.717) is 19.0 Å². The van der Waals surface area contributed by atoms with Crippen LogP contribution in [0.15, 0.2) is 17.4 Å². The molecule has 0 amide bonds. The molecular formula is C14H27N5O2S. The Labute approximate surface area is 133 Å². The van der Waals surface area contributed by atoms with Crippen molar-refractivity contribution in [2.24, 2.45) is 12.0 Å². The largest absolute Gasteiger partial charge is 0.355 e. The number of sulfone groups is 1. The van der Waals surface area contributed by atoms with Crippen LogP contribution < -0.4 is 5.32 Å². The highest BCUT2D eigenvalue weighted by Gasteiger charge is 2.28. The van der Waals surface area contributed by atoms with Gasteiger partial charge in [0.25, 0.3) is 0 Å². The van der Waals surface area contributed by atoms with Crippen LogP contribution in [0.2, 0.25) is 0 Å². The number of hydrogen-bond donors (Lipinski definition) is 1. The van der Waals surface area contributed by atoms with Gasteiger partial charge in [0.05, 0.1) is 16.7 Å². The first-order valence-corrected chi connectivity index (χ1v) is 8.83. The maximum absolute atomic E-state index is 12.1. The van der Waals surface area contributed by atoms with Gasteiger partial charge in [0.2, 0.25) is 0 Å². The van der Waals surface area contributed by atoms with Crippen LogP contribution in [0.1, 0.15) is 26.3 Å². The maximum Gasteiger partial charge on any atom is 0.193 e. The number of nitrogens with one attached hydrogen (secondary N) is 1. The Bertz CT molecular complexity index is 613. The van der Waals surface area contributed by atoms with Gasteiger partial charge in [0.1, 0.15) is 0 Å². The topological polar surface area (TPSA) is 79.6 Å². The van der Waals surface area contributed by atoms with E-state index in [1.54, 1.807) is 38.7 Å². The summed E-state index contributed by atoms with van der Waals surface area (Å²) in [4.78, 5) is 6.11. The molecule has 0 saturated heterocycles. The Morgan fingerprint density at radius 1 is 1.45 bits per heavy atom. The average Bonchev–Trinajstić information content (AvgIpc) is 2.78. The van der Waals surface area contributed by atoms with E-state index in [0.717, 1.165) is 5.56 Å². The highest BCUT2D eigenvalue weighted by atomic mass is 32.2. The Morgan fingerprint density at radius 3 is 2.55 bits per heavy atom. The number of aliphatic imine (C=N–C) groups is 1. The van der Waals surface area contributed by atoms with Crippen LogP contribution in [-0.2, 0) is 23.4 Å². The highest BCUT2D eigenvalue weighted by Crippen LogP contribution is 2.15. The average molecular weight is 329 g/mol. The SMILES string of the molecule is CN=C(NCCS(=O)(=O)C(C)(C)C)N(C)Cc1cnn(C)c1.